The van der Waals surface area contributed by atoms with Gasteiger partial charge < -0.3 is 10.4 Å². The number of aromatic nitrogens is 3. The van der Waals surface area contributed by atoms with Crippen LogP contribution in [0, 0.1) is 6.92 Å². The van der Waals surface area contributed by atoms with Gasteiger partial charge in [0.15, 0.2) is 5.69 Å². The Balaban J connectivity index is 0.000000456. The van der Waals surface area contributed by atoms with E-state index in [0.717, 1.165) is 12.1 Å². The van der Waals surface area contributed by atoms with Crippen molar-refractivity contribution in [1.82, 2.24) is 14.5 Å². The summed E-state index contributed by atoms with van der Waals surface area (Å²) in [6, 6.07) is 12.9. The van der Waals surface area contributed by atoms with Gasteiger partial charge in [-0.1, -0.05) is 23.2 Å². The third-order valence-corrected chi connectivity index (χ3v) is 6.85. The number of benzene rings is 2. The van der Waals surface area contributed by atoms with Crippen molar-refractivity contribution in [2.75, 3.05) is 11.1 Å². The first kappa shape index (κ1) is 34.6. The molecule has 0 saturated carbocycles. The van der Waals surface area contributed by atoms with E-state index in [1.54, 1.807) is 35.8 Å². The van der Waals surface area contributed by atoms with E-state index in [0.29, 0.717) is 39.0 Å². The van der Waals surface area contributed by atoms with E-state index in [4.69, 9.17) is 27.8 Å². The minimum atomic E-state index is -4.54. The first-order valence-corrected chi connectivity index (χ1v) is 14.3. The number of hydrogen-bond donors (Lipinski definition) is 3. The number of phenolic OH excluding ortho intramolecular Hbond substituents is 1. The number of phenols is 1. The van der Waals surface area contributed by atoms with Crippen molar-refractivity contribution in [2.45, 2.75) is 25.7 Å². The number of nitrogens with one attached hydrogen (secondary N) is 1. The van der Waals surface area contributed by atoms with Crippen LogP contribution in [0.15, 0.2) is 60.8 Å². The number of halogens is 8. The number of rotatable bonds is 6. The Kier molecular flexibility index (Phi) is 10.6. The molecular weight excluding hydrogens is 665 g/mol. The summed E-state index contributed by atoms with van der Waals surface area (Å²) in [6.45, 7) is 1.66. The van der Waals surface area contributed by atoms with Crippen LogP contribution in [0.1, 0.15) is 28.2 Å². The van der Waals surface area contributed by atoms with Crippen LogP contribution < -0.4 is 5.32 Å². The van der Waals surface area contributed by atoms with Crippen molar-refractivity contribution in [1.29, 1.82) is 0 Å². The molecule has 44 heavy (non-hydrogen) atoms. The zero-order valence-electron chi connectivity index (χ0n) is 22.1. The topological polar surface area (TPSA) is 134 Å². The maximum atomic E-state index is 13.0. The third kappa shape index (κ3) is 9.57. The van der Waals surface area contributed by atoms with Crippen molar-refractivity contribution in [3.05, 3.63) is 87.8 Å². The van der Waals surface area contributed by atoms with Gasteiger partial charge >= 0.3 is 12.4 Å². The first-order valence-electron chi connectivity index (χ1n) is 12.0. The van der Waals surface area contributed by atoms with Gasteiger partial charge in [0.2, 0.25) is 0 Å². The Morgan fingerprint density at radius 1 is 1.00 bits per heavy atom. The monoisotopic (exact) mass is 684 g/mol. The molecule has 0 aliphatic carbocycles. The summed E-state index contributed by atoms with van der Waals surface area (Å²) >= 11 is 12.4. The van der Waals surface area contributed by atoms with Gasteiger partial charge in [-0.05, 0) is 61.5 Å². The summed E-state index contributed by atoms with van der Waals surface area (Å²) in [5.41, 5.74) is 0.592. The maximum absolute atomic E-state index is 13.0. The van der Waals surface area contributed by atoms with Gasteiger partial charge in [-0.25, -0.2) is 9.97 Å². The second-order valence-corrected chi connectivity index (χ2v) is 11.3. The molecule has 0 aliphatic rings. The highest BCUT2D eigenvalue weighted by Gasteiger charge is 2.31. The fourth-order valence-electron chi connectivity index (χ4n) is 3.54. The normalized spacial score (nSPS) is 12.0. The number of pyridine rings is 1. The number of carbonyl (C=O) groups excluding carboxylic acids is 1. The molecule has 236 valence electrons. The fraction of sp³-hybridized carbons (Fsp3) is 0.192. The van der Waals surface area contributed by atoms with E-state index in [9.17, 15) is 44.7 Å². The van der Waals surface area contributed by atoms with Crippen LogP contribution in [0.3, 0.4) is 0 Å². The van der Waals surface area contributed by atoms with Crippen LogP contribution in [-0.2, 0) is 16.3 Å². The number of alkyl halides is 6. The minimum Gasteiger partial charge on any atom is -0.508 e. The van der Waals surface area contributed by atoms with Crippen molar-refractivity contribution < 1.29 is 49.2 Å². The van der Waals surface area contributed by atoms with Crippen LogP contribution in [0.25, 0.3) is 17.1 Å². The van der Waals surface area contributed by atoms with Crippen molar-refractivity contribution in [3.63, 3.8) is 0 Å². The maximum Gasteiger partial charge on any atom is 0.417 e. The molecule has 18 heteroatoms. The molecule has 0 aliphatic heterocycles. The molecule has 0 fully saturated rings. The molecule has 1 amide bonds. The number of nitrogens with zero attached hydrogens (tertiary/aromatic N) is 3. The molecule has 3 N–H and O–H groups in total. The fourth-order valence-corrected chi connectivity index (χ4v) is 4.52. The molecule has 2 aromatic carbocycles. The van der Waals surface area contributed by atoms with E-state index < -0.39 is 46.1 Å². The number of anilines is 1. The van der Waals surface area contributed by atoms with Crippen molar-refractivity contribution in [3.8, 4) is 22.8 Å². The molecule has 4 rings (SSSR count). The number of aromatic hydroxyl groups is 1. The third-order valence-electron chi connectivity index (χ3n) is 5.58. The highest BCUT2D eigenvalue weighted by Crippen LogP contribution is 2.34. The molecule has 0 spiro atoms. The summed E-state index contributed by atoms with van der Waals surface area (Å²) in [6.07, 6.45) is -9.94. The van der Waals surface area contributed by atoms with Gasteiger partial charge in [0, 0.05) is 22.5 Å². The van der Waals surface area contributed by atoms with Crippen molar-refractivity contribution >= 4 is 45.0 Å². The van der Waals surface area contributed by atoms with E-state index in [1.807, 2.05) is 0 Å². The summed E-state index contributed by atoms with van der Waals surface area (Å²) in [5, 5.41) is 12.8. The van der Waals surface area contributed by atoms with Crippen LogP contribution in [0.2, 0.25) is 10.0 Å². The molecule has 4 aromatic rings. The van der Waals surface area contributed by atoms with Gasteiger partial charge in [0.05, 0.1) is 28.5 Å². The van der Waals surface area contributed by atoms with Crippen molar-refractivity contribution in [2.24, 2.45) is 0 Å². The predicted molar refractivity (Wildman–Crippen MR) is 150 cm³/mol. The Morgan fingerprint density at radius 2 is 1.64 bits per heavy atom. The van der Waals surface area contributed by atoms with E-state index >= 15 is 0 Å². The zero-order chi connectivity index (χ0) is 33.0. The Labute approximate surface area is 255 Å². The van der Waals surface area contributed by atoms with Crippen LogP contribution in [-0.4, -0.2) is 50.4 Å². The lowest BCUT2D eigenvalue weighted by Crippen LogP contribution is -2.15. The molecule has 2 aromatic heterocycles. The van der Waals surface area contributed by atoms with Crippen LogP contribution in [0.4, 0.5) is 32.2 Å². The molecule has 0 atom stereocenters. The largest absolute Gasteiger partial charge is 0.508 e. The van der Waals surface area contributed by atoms with Gasteiger partial charge in [-0.3, -0.25) is 13.9 Å². The molecule has 0 bridgehead atoms. The number of amides is 1. The Hall–Kier alpha value is -3.86. The SMILES string of the molecule is Cc1c(C(=O)Nc2ccc(C(F)(F)F)cn2)nc(-c2ccc(Cl)cc2Cl)n1-c1ccc(O)cc1.O=S(=O)(O)CCC(F)(F)F. The Bertz CT molecular complexity index is 1740. The highest BCUT2D eigenvalue weighted by atomic mass is 35.5. The average Bonchev–Trinajstić information content (AvgIpc) is 3.24. The molecular formula is C26H20Cl2F6N4O5S. The molecule has 0 radical (unpaired) electrons. The molecule has 9 nitrogen and oxygen atoms in total. The molecule has 2 heterocycles. The van der Waals surface area contributed by atoms with E-state index in [-0.39, 0.29) is 17.3 Å². The lowest BCUT2D eigenvalue weighted by atomic mass is 10.2. The number of imidazole rings is 1. The van der Waals surface area contributed by atoms with E-state index in [1.165, 1.54) is 18.2 Å². The second-order valence-electron chi connectivity index (χ2n) is 8.88. The zero-order valence-corrected chi connectivity index (χ0v) is 24.4. The lowest BCUT2D eigenvalue weighted by molar-refractivity contribution is -0.137. The minimum absolute atomic E-state index is 0.00999. The summed E-state index contributed by atoms with van der Waals surface area (Å²) in [4.78, 5) is 21.1. The molecule has 0 unspecified atom stereocenters. The Morgan fingerprint density at radius 3 is 2.11 bits per heavy atom. The summed E-state index contributed by atoms with van der Waals surface area (Å²) < 4.78 is 101. The standard InChI is InChI=1S/C23H15Cl2F3N4O2.C3H5F3O3S/c1-12-20(22(34)30-19-9-2-13(11-29-19)23(26,27)28)31-21(17-8-3-14(24)10-18(17)25)32(12)15-4-6-16(33)7-5-15;4-3(5,6)1-2-10(7,8)9/h2-11,33H,1H3,(H,29,30,34);1-2H2,(H,7,8,9). The van der Waals surface area contributed by atoms with Gasteiger partial charge in [0.25, 0.3) is 16.0 Å². The van der Waals surface area contributed by atoms with Crippen LogP contribution in [0.5, 0.6) is 5.75 Å². The average molecular weight is 685 g/mol. The van der Waals surface area contributed by atoms with Crippen LogP contribution >= 0.6 is 23.2 Å². The highest BCUT2D eigenvalue weighted by molar-refractivity contribution is 7.85. The first-order chi connectivity index (χ1) is 20.2. The van der Waals surface area contributed by atoms with Gasteiger partial charge in [-0.2, -0.15) is 34.8 Å². The second kappa shape index (κ2) is 13.4. The smallest absolute Gasteiger partial charge is 0.417 e. The summed E-state index contributed by atoms with van der Waals surface area (Å²) in [5.74, 6) is -1.62. The summed E-state index contributed by atoms with van der Waals surface area (Å²) in [7, 11) is -4.48. The molecule has 0 saturated heterocycles. The lowest BCUT2D eigenvalue weighted by Gasteiger charge is -2.12. The number of hydrogen-bond acceptors (Lipinski definition) is 6. The van der Waals surface area contributed by atoms with Gasteiger partial charge in [-0.15, -0.1) is 0 Å². The number of carbonyl (C=O) groups is 1. The van der Waals surface area contributed by atoms with E-state index in [2.05, 4.69) is 15.3 Å². The quantitative estimate of drug-likeness (QED) is 0.143. The predicted octanol–water partition coefficient (Wildman–Crippen LogP) is 7.35. The van der Waals surface area contributed by atoms with Gasteiger partial charge in [0.1, 0.15) is 17.4 Å².